The molecule has 4 rings (SSSR count). The van der Waals surface area contributed by atoms with Crippen LogP contribution in [0.15, 0.2) is 88.9 Å². The first-order chi connectivity index (χ1) is 14.9. The molecule has 1 heterocycles. The van der Waals surface area contributed by atoms with Crippen LogP contribution in [0.4, 0.5) is 0 Å². The van der Waals surface area contributed by atoms with E-state index >= 15 is 0 Å². The Morgan fingerprint density at radius 1 is 1.03 bits per heavy atom. The molecule has 3 aromatic carbocycles. The third kappa shape index (κ3) is 5.11. The third-order valence-electron chi connectivity index (χ3n) is 4.68. The summed E-state index contributed by atoms with van der Waals surface area (Å²) in [4.78, 5) is 4.48. The predicted octanol–water partition coefficient (Wildman–Crippen LogP) is 3.53. The Labute approximate surface area is 185 Å². The number of sulfonamides is 1. The number of aromatic nitrogens is 2. The molecule has 7 nitrogen and oxygen atoms in total. The van der Waals surface area contributed by atoms with Crippen LogP contribution < -0.4 is 10.5 Å². The van der Waals surface area contributed by atoms with Gasteiger partial charge in [-0.3, -0.25) is 4.68 Å². The number of aliphatic imine (C=N–C) groups is 1. The Kier molecular flexibility index (Phi) is 6.03. The van der Waals surface area contributed by atoms with Gasteiger partial charge in [0.2, 0.25) is 10.0 Å². The van der Waals surface area contributed by atoms with Crippen molar-refractivity contribution < 1.29 is 8.42 Å². The summed E-state index contributed by atoms with van der Waals surface area (Å²) in [6, 6.07) is 21.4. The van der Waals surface area contributed by atoms with Crippen molar-refractivity contribution >= 4 is 38.2 Å². The van der Waals surface area contributed by atoms with E-state index in [2.05, 4.69) is 14.8 Å². The summed E-state index contributed by atoms with van der Waals surface area (Å²) >= 11 is 6.02. The molecule has 0 saturated carbocycles. The van der Waals surface area contributed by atoms with Crippen LogP contribution in [0.25, 0.3) is 10.8 Å². The number of nitrogens with two attached hydrogens (primary N) is 1. The molecule has 0 aliphatic heterocycles. The number of hydrogen-bond acceptors (Lipinski definition) is 4. The normalized spacial score (nSPS) is 12.4. The average Bonchev–Trinajstić information content (AvgIpc) is 3.24. The van der Waals surface area contributed by atoms with E-state index in [4.69, 9.17) is 17.3 Å². The molecule has 0 unspecified atom stereocenters. The number of nitrogens with zero attached hydrogens (tertiary/aromatic N) is 3. The summed E-state index contributed by atoms with van der Waals surface area (Å²) < 4.78 is 29.6. The Bertz CT molecular complexity index is 1350. The maximum atomic E-state index is 12.7. The van der Waals surface area contributed by atoms with Crippen molar-refractivity contribution in [1.29, 1.82) is 0 Å². The van der Waals surface area contributed by atoms with Crippen LogP contribution in [-0.2, 0) is 23.2 Å². The molecule has 0 amide bonds. The van der Waals surface area contributed by atoms with Crippen LogP contribution >= 0.6 is 11.6 Å². The Morgan fingerprint density at radius 3 is 2.61 bits per heavy atom. The van der Waals surface area contributed by atoms with Gasteiger partial charge in [0, 0.05) is 16.8 Å². The van der Waals surface area contributed by atoms with Gasteiger partial charge in [-0.25, -0.2) is 18.1 Å². The number of rotatable bonds is 7. The third-order valence-corrected chi connectivity index (χ3v) is 6.31. The van der Waals surface area contributed by atoms with Gasteiger partial charge in [-0.2, -0.15) is 5.10 Å². The second kappa shape index (κ2) is 8.89. The minimum absolute atomic E-state index is 0.0563. The molecule has 9 heteroatoms. The van der Waals surface area contributed by atoms with Gasteiger partial charge in [-0.1, -0.05) is 54.1 Å². The van der Waals surface area contributed by atoms with Gasteiger partial charge in [0.05, 0.1) is 17.1 Å². The Morgan fingerprint density at radius 2 is 1.81 bits per heavy atom. The lowest BCUT2D eigenvalue weighted by Crippen LogP contribution is -2.23. The number of fused-ring (bicyclic) bond motifs is 1. The van der Waals surface area contributed by atoms with Crippen molar-refractivity contribution in [3.05, 3.63) is 95.3 Å². The second-order valence-corrected chi connectivity index (χ2v) is 9.08. The molecule has 4 aromatic rings. The first-order valence-electron chi connectivity index (χ1n) is 9.47. The molecule has 0 fully saturated rings. The van der Waals surface area contributed by atoms with E-state index in [0.29, 0.717) is 16.6 Å². The number of halogens is 1. The van der Waals surface area contributed by atoms with E-state index in [0.717, 1.165) is 16.3 Å². The number of hydrogen-bond donors (Lipinski definition) is 2. The van der Waals surface area contributed by atoms with Crippen molar-refractivity contribution in [3.63, 3.8) is 0 Å². The lowest BCUT2D eigenvalue weighted by atomic mass is 10.1. The lowest BCUT2D eigenvalue weighted by Gasteiger charge is -2.07. The van der Waals surface area contributed by atoms with Crippen LogP contribution in [-0.4, -0.2) is 24.0 Å². The first kappa shape index (κ1) is 21.0. The fourth-order valence-corrected chi connectivity index (χ4v) is 4.26. The average molecular weight is 454 g/mol. The minimum atomic E-state index is -3.71. The van der Waals surface area contributed by atoms with Crippen LogP contribution in [0.5, 0.6) is 0 Å². The molecule has 3 N–H and O–H groups in total. The highest BCUT2D eigenvalue weighted by molar-refractivity contribution is 7.89. The largest absolute Gasteiger partial charge is 0.383 e. The standard InChI is InChI=1S/C22H20ClN5O2S/c23-19-8-6-16-7-9-21(13-18(16)12-19)31(29,30)26-14-20-10-11-28(27-20)15-25-22(24)17-4-2-1-3-5-17/h1-13,26H,14-15H2,(H2,24,25). The predicted molar refractivity (Wildman–Crippen MR) is 122 cm³/mol. The summed E-state index contributed by atoms with van der Waals surface area (Å²) in [5.41, 5.74) is 7.39. The quantitative estimate of drug-likeness (QED) is 0.330. The summed E-state index contributed by atoms with van der Waals surface area (Å²) in [5.74, 6) is 0.412. The van der Waals surface area contributed by atoms with Crippen molar-refractivity contribution in [1.82, 2.24) is 14.5 Å². The van der Waals surface area contributed by atoms with Crippen LogP contribution in [0.3, 0.4) is 0 Å². The van der Waals surface area contributed by atoms with E-state index < -0.39 is 10.0 Å². The molecule has 1 aromatic heterocycles. The summed E-state index contributed by atoms with van der Waals surface area (Å²) in [6.45, 7) is 0.291. The summed E-state index contributed by atoms with van der Waals surface area (Å²) in [6.07, 6.45) is 1.73. The zero-order valence-electron chi connectivity index (χ0n) is 16.4. The highest BCUT2D eigenvalue weighted by Crippen LogP contribution is 2.22. The maximum Gasteiger partial charge on any atom is 0.240 e. The van der Waals surface area contributed by atoms with Crippen molar-refractivity contribution in [3.8, 4) is 0 Å². The van der Waals surface area contributed by atoms with Crippen LogP contribution in [0.2, 0.25) is 5.02 Å². The summed E-state index contributed by atoms with van der Waals surface area (Å²) in [7, 11) is -3.71. The number of amidine groups is 1. The maximum absolute atomic E-state index is 12.7. The second-order valence-electron chi connectivity index (χ2n) is 6.88. The van der Waals surface area contributed by atoms with E-state index in [1.54, 1.807) is 47.3 Å². The molecule has 0 atom stereocenters. The SMILES string of the molecule is NC(=NCn1ccc(CNS(=O)(=O)c2ccc3ccc(Cl)cc3c2)n1)c1ccccc1. The topological polar surface area (TPSA) is 102 Å². The van der Waals surface area contributed by atoms with Crippen molar-refractivity contribution in [2.75, 3.05) is 0 Å². The Hall–Kier alpha value is -3.20. The highest BCUT2D eigenvalue weighted by Gasteiger charge is 2.15. The lowest BCUT2D eigenvalue weighted by molar-refractivity contribution is 0.577. The van der Waals surface area contributed by atoms with Gasteiger partial charge in [0.15, 0.2) is 0 Å². The fourth-order valence-electron chi connectivity index (χ4n) is 3.04. The molecular weight excluding hydrogens is 434 g/mol. The van der Waals surface area contributed by atoms with E-state index in [9.17, 15) is 8.42 Å². The highest BCUT2D eigenvalue weighted by atomic mass is 35.5. The minimum Gasteiger partial charge on any atom is -0.383 e. The van der Waals surface area contributed by atoms with Gasteiger partial charge >= 0.3 is 0 Å². The molecule has 158 valence electrons. The van der Waals surface area contributed by atoms with Gasteiger partial charge in [0.1, 0.15) is 12.5 Å². The molecule has 0 spiro atoms. The van der Waals surface area contributed by atoms with Crippen LogP contribution in [0, 0.1) is 0 Å². The van der Waals surface area contributed by atoms with Crippen molar-refractivity contribution in [2.45, 2.75) is 18.1 Å². The zero-order chi connectivity index (χ0) is 21.8. The first-order valence-corrected chi connectivity index (χ1v) is 11.3. The Balaban J connectivity index is 1.42. The van der Waals surface area contributed by atoms with Gasteiger partial charge in [-0.05, 0) is 41.1 Å². The van der Waals surface area contributed by atoms with Crippen LogP contribution in [0.1, 0.15) is 11.3 Å². The molecule has 0 aliphatic carbocycles. The smallest absolute Gasteiger partial charge is 0.240 e. The fraction of sp³-hybridized carbons (Fsp3) is 0.0909. The van der Waals surface area contributed by atoms with E-state index in [-0.39, 0.29) is 18.1 Å². The molecule has 0 radical (unpaired) electrons. The van der Waals surface area contributed by atoms with Gasteiger partial charge < -0.3 is 5.73 Å². The molecular formula is C22H20ClN5O2S. The van der Waals surface area contributed by atoms with E-state index in [1.807, 2.05) is 36.4 Å². The molecule has 0 aliphatic rings. The molecule has 31 heavy (non-hydrogen) atoms. The van der Waals surface area contributed by atoms with Gasteiger partial charge in [0.25, 0.3) is 0 Å². The number of benzene rings is 3. The van der Waals surface area contributed by atoms with E-state index in [1.165, 1.54) is 0 Å². The van der Waals surface area contributed by atoms with Crippen molar-refractivity contribution in [2.24, 2.45) is 10.7 Å². The zero-order valence-corrected chi connectivity index (χ0v) is 18.0. The number of nitrogens with one attached hydrogen (secondary N) is 1. The molecule has 0 bridgehead atoms. The van der Waals surface area contributed by atoms with Gasteiger partial charge in [-0.15, -0.1) is 0 Å². The monoisotopic (exact) mass is 453 g/mol. The summed E-state index contributed by atoms with van der Waals surface area (Å²) in [5, 5.41) is 6.57. The molecule has 0 saturated heterocycles.